The van der Waals surface area contributed by atoms with Crippen LogP contribution in [-0.4, -0.2) is 22.4 Å². The molecule has 0 radical (unpaired) electrons. The third-order valence-corrected chi connectivity index (χ3v) is 2.53. The topological polar surface area (TPSA) is 29.5 Å². The van der Waals surface area contributed by atoms with Gasteiger partial charge in [-0.05, 0) is 33.6 Å². The molecule has 12 heavy (non-hydrogen) atoms. The summed E-state index contributed by atoms with van der Waals surface area (Å²) in [6, 6.07) is 0. The highest BCUT2D eigenvalue weighted by Crippen LogP contribution is 2.35. The Morgan fingerprint density at radius 3 is 2.50 bits per heavy atom. The van der Waals surface area contributed by atoms with Gasteiger partial charge in [-0.3, -0.25) is 0 Å². The van der Waals surface area contributed by atoms with E-state index in [1.165, 1.54) is 0 Å². The van der Waals surface area contributed by atoms with Gasteiger partial charge in [-0.25, -0.2) is 0 Å². The summed E-state index contributed by atoms with van der Waals surface area (Å²) in [5.41, 5.74) is -0.967. The summed E-state index contributed by atoms with van der Waals surface area (Å²) in [5, 5.41) is 9.69. The van der Waals surface area contributed by atoms with Gasteiger partial charge in [0.05, 0.1) is 17.3 Å². The largest absolute Gasteiger partial charge is 0.388 e. The predicted molar refractivity (Wildman–Crippen MR) is 49.0 cm³/mol. The Morgan fingerprint density at radius 1 is 1.67 bits per heavy atom. The van der Waals surface area contributed by atoms with Gasteiger partial charge in [-0.15, -0.1) is 6.58 Å². The maximum atomic E-state index is 9.69. The van der Waals surface area contributed by atoms with Crippen molar-refractivity contribution in [2.45, 2.75) is 50.9 Å². The number of hydrogen-bond acceptors (Lipinski definition) is 2. The number of ether oxygens (including phenoxy) is 1. The first-order valence-corrected chi connectivity index (χ1v) is 4.41. The van der Waals surface area contributed by atoms with Crippen LogP contribution in [0.2, 0.25) is 0 Å². The fraction of sp³-hybridized carbons (Fsp3) is 0.800. The molecule has 0 unspecified atom stereocenters. The van der Waals surface area contributed by atoms with Gasteiger partial charge in [0.25, 0.3) is 0 Å². The molecule has 2 atom stereocenters. The SMILES string of the molecule is C=C[C@@]1(C)CC[C@@H](C(C)(C)O)O1. The summed E-state index contributed by atoms with van der Waals surface area (Å²) < 4.78 is 5.69. The van der Waals surface area contributed by atoms with Crippen molar-refractivity contribution >= 4 is 0 Å². The van der Waals surface area contributed by atoms with E-state index >= 15 is 0 Å². The fourth-order valence-corrected chi connectivity index (χ4v) is 1.51. The van der Waals surface area contributed by atoms with Crippen LogP contribution in [0.1, 0.15) is 33.6 Å². The maximum Gasteiger partial charge on any atom is 0.0869 e. The van der Waals surface area contributed by atoms with Gasteiger partial charge in [0.15, 0.2) is 0 Å². The molecule has 1 aliphatic heterocycles. The third kappa shape index (κ3) is 1.87. The summed E-state index contributed by atoms with van der Waals surface area (Å²) in [4.78, 5) is 0. The van der Waals surface area contributed by atoms with Gasteiger partial charge >= 0.3 is 0 Å². The van der Waals surface area contributed by atoms with Crippen LogP contribution in [0.25, 0.3) is 0 Å². The lowest BCUT2D eigenvalue weighted by Crippen LogP contribution is -2.37. The molecule has 2 nitrogen and oxygen atoms in total. The minimum atomic E-state index is -0.735. The molecule has 0 saturated carbocycles. The Labute approximate surface area is 74.2 Å². The van der Waals surface area contributed by atoms with Crippen molar-refractivity contribution in [1.29, 1.82) is 0 Å². The summed E-state index contributed by atoms with van der Waals surface area (Å²) in [5.74, 6) is 0. The average molecular weight is 170 g/mol. The van der Waals surface area contributed by atoms with Crippen LogP contribution in [0.4, 0.5) is 0 Å². The molecule has 2 heteroatoms. The first-order chi connectivity index (χ1) is 5.37. The lowest BCUT2D eigenvalue weighted by atomic mass is 9.97. The van der Waals surface area contributed by atoms with Gasteiger partial charge in [-0.1, -0.05) is 6.08 Å². The molecule has 0 aromatic heterocycles. The highest BCUT2D eigenvalue weighted by molar-refractivity contribution is 5.01. The van der Waals surface area contributed by atoms with E-state index in [9.17, 15) is 5.11 Å². The molecule has 0 spiro atoms. The molecular weight excluding hydrogens is 152 g/mol. The molecule has 1 saturated heterocycles. The lowest BCUT2D eigenvalue weighted by Gasteiger charge is -2.28. The van der Waals surface area contributed by atoms with Crippen molar-refractivity contribution < 1.29 is 9.84 Å². The highest BCUT2D eigenvalue weighted by atomic mass is 16.5. The van der Waals surface area contributed by atoms with E-state index in [1.807, 2.05) is 13.0 Å². The van der Waals surface area contributed by atoms with Crippen LogP contribution in [0.5, 0.6) is 0 Å². The Kier molecular flexibility index (Phi) is 2.32. The number of rotatable bonds is 2. The molecular formula is C10H18O2. The van der Waals surface area contributed by atoms with Gasteiger partial charge in [0.2, 0.25) is 0 Å². The Balaban J connectivity index is 2.63. The molecule has 1 N–H and O–H groups in total. The molecule has 1 fully saturated rings. The third-order valence-electron chi connectivity index (χ3n) is 2.53. The predicted octanol–water partition coefficient (Wildman–Crippen LogP) is 1.88. The second kappa shape index (κ2) is 2.86. The Morgan fingerprint density at radius 2 is 2.25 bits per heavy atom. The normalized spacial score (nSPS) is 36.8. The number of hydrogen-bond donors (Lipinski definition) is 1. The molecule has 1 rings (SSSR count). The van der Waals surface area contributed by atoms with Crippen LogP contribution in [0.15, 0.2) is 12.7 Å². The van der Waals surface area contributed by atoms with Gasteiger partial charge in [0.1, 0.15) is 0 Å². The van der Waals surface area contributed by atoms with E-state index in [-0.39, 0.29) is 11.7 Å². The first kappa shape index (κ1) is 9.75. The Bertz CT molecular complexity index is 181. The minimum Gasteiger partial charge on any atom is -0.388 e. The van der Waals surface area contributed by atoms with E-state index in [1.54, 1.807) is 13.8 Å². The van der Waals surface area contributed by atoms with E-state index < -0.39 is 5.60 Å². The van der Waals surface area contributed by atoms with Crippen LogP contribution in [0, 0.1) is 0 Å². The summed E-state index contributed by atoms with van der Waals surface area (Å²) in [6.45, 7) is 9.30. The van der Waals surface area contributed by atoms with E-state index in [0.717, 1.165) is 12.8 Å². The van der Waals surface area contributed by atoms with Crippen LogP contribution in [0.3, 0.4) is 0 Å². The molecule has 1 aliphatic rings. The van der Waals surface area contributed by atoms with Gasteiger partial charge < -0.3 is 9.84 Å². The summed E-state index contributed by atoms with van der Waals surface area (Å²) in [6.07, 6.45) is 3.62. The molecule has 70 valence electrons. The van der Waals surface area contributed by atoms with E-state index in [2.05, 4.69) is 6.58 Å². The van der Waals surface area contributed by atoms with Gasteiger partial charge in [0, 0.05) is 0 Å². The smallest absolute Gasteiger partial charge is 0.0869 e. The zero-order valence-corrected chi connectivity index (χ0v) is 8.13. The molecule has 0 amide bonds. The second-order valence-corrected chi connectivity index (χ2v) is 4.32. The number of aliphatic hydroxyl groups is 1. The Hall–Kier alpha value is -0.340. The average Bonchev–Trinajstić information content (AvgIpc) is 2.32. The molecule has 0 aromatic carbocycles. The van der Waals surface area contributed by atoms with Crippen molar-refractivity contribution in [3.05, 3.63) is 12.7 Å². The summed E-state index contributed by atoms with van der Waals surface area (Å²) >= 11 is 0. The van der Waals surface area contributed by atoms with Crippen LogP contribution >= 0.6 is 0 Å². The highest BCUT2D eigenvalue weighted by Gasteiger charge is 2.40. The zero-order chi connectivity index (χ0) is 9.41. The molecule has 0 aromatic rings. The quantitative estimate of drug-likeness (QED) is 0.641. The lowest BCUT2D eigenvalue weighted by molar-refractivity contribution is -0.0997. The first-order valence-electron chi connectivity index (χ1n) is 4.41. The maximum absolute atomic E-state index is 9.69. The van der Waals surface area contributed by atoms with E-state index in [4.69, 9.17) is 4.74 Å². The molecule has 0 aliphatic carbocycles. The van der Waals surface area contributed by atoms with Crippen molar-refractivity contribution in [2.24, 2.45) is 0 Å². The van der Waals surface area contributed by atoms with Crippen LogP contribution in [-0.2, 0) is 4.74 Å². The molecule has 1 heterocycles. The monoisotopic (exact) mass is 170 g/mol. The second-order valence-electron chi connectivity index (χ2n) is 4.32. The van der Waals surface area contributed by atoms with Crippen molar-refractivity contribution in [1.82, 2.24) is 0 Å². The van der Waals surface area contributed by atoms with Crippen LogP contribution < -0.4 is 0 Å². The standard InChI is InChI=1S/C10H18O2/c1-5-10(4)7-6-8(12-10)9(2,3)11/h5,8,11H,1,6-7H2,2-4H3/t8-,10-/m0/s1. The van der Waals surface area contributed by atoms with Crippen molar-refractivity contribution in [3.63, 3.8) is 0 Å². The molecule has 0 bridgehead atoms. The summed E-state index contributed by atoms with van der Waals surface area (Å²) in [7, 11) is 0. The van der Waals surface area contributed by atoms with Gasteiger partial charge in [-0.2, -0.15) is 0 Å². The van der Waals surface area contributed by atoms with E-state index in [0.29, 0.717) is 0 Å². The zero-order valence-electron chi connectivity index (χ0n) is 8.13. The van der Waals surface area contributed by atoms with Crippen molar-refractivity contribution in [2.75, 3.05) is 0 Å². The minimum absolute atomic E-state index is 0.0551. The fourth-order valence-electron chi connectivity index (χ4n) is 1.51. The van der Waals surface area contributed by atoms with Crippen molar-refractivity contribution in [3.8, 4) is 0 Å².